The molecule has 2 aromatic heterocycles. The van der Waals surface area contributed by atoms with Crippen LogP contribution in [-0.2, 0) is 0 Å². The highest BCUT2D eigenvalue weighted by atomic mass is 16.3. The van der Waals surface area contributed by atoms with Crippen LogP contribution in [0.25, 0.3) is 78.1 Å². The first-order valence-electron chi connectivity index (χ1n) is 20.6. The molecule has 11 rings (SSSR count). The first-order valence-corrected chi connectivity index (χ1v) is 20.6. The Kier molecular flexibility index (Phi) is 9.24. The lowest BCUT2D eigenvalue weighted by atomic mass is 9.91. The third kappa shape index (κ3) is 7.13. The number of aliphatic imine (C=N–C) groups is 2. The van der Waals surface area contributed by atoms with E-state index in [1.807, 2.05) is 72.8 Å². The van der Waals surface area contributed by atoms with Gasteiger partial charge in [-0.15, -0.1) is 0 Å². The number of hydrogen-bond donors (Lipinski definition) is 0. The summed E-state index contributed by atoms with van der Waals surface area (Å²) in [7, 11) is 0. The molecule has 10 aromatic rings. The molecule has 5 nitrogen and oxygen atoms in total. The quantitative estimate of drug-likeness (QED) is 0.154. The lowest BCUT2D eigenvalue weighted by molar-refractivity contribution is 0.669. The van der Waals surface area contributed by atoms with Gasteiger partial charge in [-0.3, -0.25) is 4.99 Å². The summed E-state index contributed by atoms with van der Waals surface area (Å²) in [5, 5.41) is 2.19. The average molecular weight is 783 g/mol. The van der Waals surface area contributed by atoms with E-state index in [0.29, 0.717) is 12.2 Å². The molecule has 0 bridgehead atoms. The second kappa shape index (κ2) is 15.6. The van der Waals surface area contributed by atoms with Crippen molar-refractivity contribution < 1.29 is 4.42 Å². The van der Waals surface area contributed by atoms with Crippen molar-refractivity contribution in [1.82, 2.24) is 9.97 Å². The summed E-state index contributed by atoms with van der Waals surface area (Å²) in [6.45, 7) is 0. The van der Waals surface area contributed by atoms with Crippen LogP contribution in [0.2, 0.25) is 0 Å². The Morgan fingerprint density at radius 2 is 1.00 bits per heavy atom. The molecule has 0 amide bonds. The smallest absolute Gasteiger partial charge is 0.160 e. The van der Waals surface area contributed by atoms with Crippen molar-refractivity contribution in [2.45, 2.75) is 12.5 Å². The van der Waals surface area contributed by atoms with Gasteiger partial charge in [-0.25, -0.2) is 15.0 Å². The van der Waals surface area contributed by atoms with Crippen LogP contribution in [0.4, 0.5) is 0 Å². The third-order valence-corrected chi connectivity index (χ3v) is 11.4. The molecule has 0 saturated heterocycles. The number of benzene rings is 8. The molecule has 1 aliphatic heterocycles. The first kappa shape index (κ1) is 36.1. The van der Waals surface area contributed by atoms with E-state index in [-0.39, 0.29) is 6.04 Å². The second-order valence-corrected chi connectivity index (χ2v) is 15.4. The minimum Gasteiger partial charge on any atom is -0.456 e. The molecule has 1 unspecified atom stereocenters. The zero-order valence-corrected chi connectivity index (χ0v) is 33.2. The summed E-state index contributed by atoms with van der Waals surface area (Å²) < 4.78 is 6.60. The Hall–Kier alpha value is -8.02. The largest absolute Gasteiger partial charge is 0.456 e. The Labute approximate surface area is 354 Å². The summed E-state index contributed by atoms with van der Waals surface area (Å²) in [4.78, 5) is 20.4. The summed E-state index contributed by atoms with van der Waals surface area (Å²) in [5.41, 5.74) is 15.1. The molecule has 0 fully saturated rings. The molecule has 61 heavy (non-hydrogen) atoms. The van der Waals surface area contributed by atoms with Crippen LogP contribution in [-0.4, -0.2) is 21.5 Å². The number of hydrogen-bond acceptors (Lipinski definition) is 5. The maximum Gasteiger partial charge on any atom is 0.160 e. The molecule has 0 radical (unpaired) electrons. The molecule has 1 atom stereocenters. The monoisotopic (exact) mass is 782 g/mol. The van der Waals surface area contributed by atoms with Crippen molar-refractivity contribution in [3.63, 3.8) is 0 Å². The molecule has 0 saturated carbocycles. The number of rotatable bonds is 8. The molecule has 288 valence electrons. The molecular formula is C56H38N4O. The van der Waals surface area contributed by atoms with E-state index in [9.17, 15) is 0 Å². The highest BCUT2D eigenvalue weighted by Crippen LogP contribution is 2.41. The molecule has 0 spiro atoms. The van der Waals surface area contributed by atoms with Crippen LogP contribution in [0.15, 0.2) is 227 Å². The predicted molar refractivity (Wildman–Crippen MR) is 250 cm³/mol. The van der Waals surface area contributed by atoms with Crippen molar-refractivity contribution in [3.8, 4) is 56.2 Å². The molecule has 5 heteroatoms. The molecule has 0 N–H and O–H groups in total. The standard InChI is InChI=1S/C56H38N4O/c1-5-16-38(17-6-1)48-35-50(59-55(57-48)41-20-9-3-10-21-41)40-30-28-37(29-31-40)47-33-45(34-53-54(47)46-26-13-14-27-52(46)61-53)43-24-15-25-44(32-43)51-36-49(39-18-7-2-8-19-39)58-56(60-51)42-22-11-4-12-23-42/h1-34,36,50H,35H2. The minimum atomic E-state index is -0.0765. The van der Waals surface area contributed by atoms with Crippen molar-refractivity contribution in [1.29, 1.82) is 0 Å². The van der Waals surface area contributed by atoms with E-state index in [1.165, 1.54) is 0 Å². The molecule has 1 aliphatic rings. The Morgan fingerprint density at radius 3 is 1.72 bits per heavy atom. The fourth-order valence-corrected chi connectivity index (χ4v) is 8.37. The van der Waals surface area contributed by atoms with Crippen molar-refractivity contribution in [3.05, 3.63) is 229 Å². The van der Waals surface area contributed by atoms with Crippen LogP contribution < -0.4 is 0 Å². The number of nitrogens with zero attached hydrogens (tertiary/aromatic N) is 4. The second-order valence-electron chi connectivity index (χ2n) is 15.4. The Bertz CT molecular complexity index is 3190. The van der Waals surface area contributed by atoms with Gasteiger partial charge in [0.1, 0.15) is 11.2 Å². The van der Waals surface area contributed by atoms with E-state index in [2.05, 4.69) is 140 Å². The van der Waals surface area contributed by atoms with Crippen LogP contribution >= 0.6 is 0 Å². The number of fused-ring (bicyclic) bond motifs is 3. The molecule has 0 aliphatic carbocycles. The van der Waals surface area contributed by atoms with E-state index < -0.39 is 0 Å². The van der Waals surface area contributed by atoms with Gasteiger partial charge < -0.3 is 4.42 Å². The van der Waals surface area contributed by atoms with Gasteiger partial charge in [-0.2, -0.15) is 0 Å². The van der Waals surface area contributed by atoms with Crippen molar-refractivity contribution in [2.75, 3.05) is 0 Å². The number of furan rings is 1. The summed E-state index contributed by atoms with van der Waals surface area (Å²) >= 11 is 0. The van der Waals surface area contributed by atoms with Crippen LogP contribution in [0, 0.1) is 0 Å². The lowest BCUT2D eigenvalue weighted by Gasteiger charge is -2.21. The Morgan fingerprint density at radius 1 is 0.410 bits per heavy atom. The average Bonchev–Trinajstić information content (AvgIpc) is 3.73. The van der Waals surface area contributed by atoms with Gasteiger partial charge in [0.25, 0.3) is 0 Å². The maximum absolute atomic E-state index is 6.60. The lowest BCUT2D eigenvalue weighted by Crippen LogP contribution is -2.17. The highest BCUT2D eigenvalue weighted by Gasteiger charge is 2.23. The topological polar surface area (TPSA) is 63.6 Å². The maximum atomic E-state index is 6.60. The predicted octanol–water partition coefficient (Wildman–Crippen LogP) is 14.1. The number of para-hydroxylation sites is 1. The Balaban J connectivity index is 0.999. The van der Waals surface area contributed by atoms with Gasteiger partial charge in [-0.1, -0.05) is 182 Å². The van der Waals surface area contributed by atoms with Crippen LogP contribution in [0.3, 0.4) is 0 Å². The fraction of sp³-hybridized carbons (Fsp3) is 0.0357. The van der Waals surface area contributed by atoms with Crippen molar-refractivity contribution in [2.24, 2.45) is 9.98 Å². The van der Waals surface area contributed by atoms with Gasteiger partial charge in [-0.05, 0) is 63.7 Å². The zero-order chi connectivity index (χ0) is 40.5. The molecule has 3 heterocycles. The normalized spacial score (nSPS) is 13.9. The minimum absolute atomic E-state index is 0.0765. The van der Waals surface area contributed by atoms with Gasteiger partial charge in [0.05, 0.1) is 23.1 Å². The first-order chi connectivity index (χ1) is 30.2. The van der Waals surface area contributed by atoms with Crippen LogP contribution in [0.1, 0.15) is 29.2 Å². The van der Waals surface area contributed by atoms with Crippen LogP contribution in [0.5, 0.6) is 0 Å². The van der Waals surface area contributed by atoms with E-state index in [4.69, 9.17) is 24.4 Å². The van der Waals surface area contributed by atoms with Crippen molar-refractivity contribution >= 4 is 33.5 Å². The van der Waals surface area contributed by atoms with Gasteiger partial charge in [0.2, 0.25) is 0 Å². The zero-order valence-electron chi connectivity index (χ0n) is 33.2. The SMILES string of the molecule is c1ccc(C2=NC(c3ccccc3)=NC(c3ccc(-c4cc(-c5cccc(-c6cc(-c7ccccc7)nc(-c7ccccc7)n6)c5)cc5oc6ccccc6c45)cc3)C2)cc1. The van der Waals surface area contributed by atoms with Gasteiger partial charge in [0.15, 0.2) is 11.7 Å². The summed E-state index contributed by atoms with van der Waals surface area (Å²) in [5.74, 6) is 1.45. The van der Waals surface area contributed by atoms with Gasteiger partial charge in [0, 0.05) is 39.4 Å². The summed E-state index contributed by atoms with van der Waals surface area (Å²) in [6, 6.07) is 73.5. The number of amidine groups is 1. The van der Waals surface area contributed by atoms with E-state index in [0.717, 1.165) is 101 Å². The number of aromatic nitrogens is 2. The van der Waals surface area contributed by atoms with Gasteiger partial charge >= 0.3 is 0 Å². The third-order valence-electron chi connectivity index (χ3n) is 11.4. The highest BCUT2D eigenvalue weighted by molar-refractivity contribution is 6.15. The summed E-state index contributed by atoms with van der Waals surface area (Å²) in [6.07, 6.45) is 0.716. The molecule has 8 aromatic carbocycles. The van der Waals surface area contributed by atoms with E-state index >= 15 is 0 Å². The fourth-order valence-electron chi connectivity index (χ4n) is 8.37. The van der Waals surface area contributed by atoms with E-state index in [1.54, 1.807) is 0 Å². The molecular weight excluding hydrogens is 745 g/mol.